The first-order valence-corrected chi connectivity index (χ1v) is 7.02. The van der Waals surface area contributed by atoms with E-state index < -0.39 is 5.97 Å². The minimum absolute atomic E-state index is 0.0392. The van der Waals surface area contributed by atoms with Crippen LogP contribution in [0.25, 0.3) is 0 Å². The van der Waals surface area contributed by atoms with Gasteiger partial charge >= 0.3 is 5.97 Å². The first kappa shape index (κ1) is 15.0. The molecule has 0 fully saturated rings. The zero-order chi connectivity index (χ0) is 15.2. The topological polar surface area (TPSA) is 88.5 Å². The van der Waals surface area contributed by atoms with Gasteiger partial charge in [-0.2, -0.15) is 4.37 Å². The number of nitrogens with zero attached hydrogens (tertiary/aromatic N) is 1. The number of aromatic carboxylic acids is 1. The summed E-state index contributed by atoms with van der Waals surface area (Å²) in [4.78, 5) is 22.9. The number of hydrogen-bond acceptors (Lipinski definition) is 5. The number of nitrogens with one attached hydrogen (secondary N) is 1. The van der Waals surface area contributed by atoms with E-state index in [2.05, 4.69) is 9.69 Å². The smallest absolute Gasteiger partial charge is 0.340 e. The SMILES string of the molecule is Cc1nsc(NC(=O)CCOc2ccccc2)c1C(=O)O. The summed E-state index contributed by atoms with van der Waals surface area (Å²) in [5, 5.41) is 11.9. The number of carboxylic acid groups (broad SMARTS) is 1. The average molecular weight is 306 g/mol. The normalized spacial score (nSPS) is 10.1. The summed E-state index contributed by atoms with van der Waals surface area (Å²) >= 11 is 0.959. The van der Waals surface area contributed by atoms with E-state index in [-0.39, 0.29) is 29.5 Å². The van der Waals surface area contributed by atoms with Crippen molar-refractivity contribution in [1.29, 1.82) is 0 Å². The third-order valence-corrected chi connectivity index (χ3v) is 3.52. The fraction of sp³-hybridized carbons (Fsp3) is 0.214. The van der Waals surface area contributed by atoms with Gasteiger partial charge < -0.3 is 15.2 Å². The van der Waals surface area contributed by atoms with Crippen LogP contribution in [0, 0.1) is 6.92 Å². The van der Waals surface area contributed by atoms with Gasteiger partial charge in [-0.3, -0.25) is 4.79 Å². The quantitative estimate of drug-likeness (QED) is 0.856. The molecule has 1 heterocycles. The Hall–Kier alpha value is -2.41. The summed E-state index contributed by atoms with van der Waals surface area (Å²) in [7, 11) is 0. The monoisotopic (exact) mass is 306 g/mol. The summed E-state index contributed by atoms with van der Waals surface area (Å²) < 4.78 is 9.34. The maximum Gasteiger partial charge on any atom is 0.340 e. The summed E-state index contributed by atoms with van der Waals surface area (Å²) in [6.07, 6.45) is 0.130. The van der Waals surface area contributed by atoms with Gasteiger partial charge in [0, 0.05) is 0 Å². The second kappa shape index (κ2) is 6.85. The van der Waals surface area contributed by atoms with Gasteiger partial charge in [0.25, 0.3) is 0 Å². The van der Waals surface area contributed by atoms with Crippen molar-refractivity contribution < 1.29 is 19.4 Å². The molecule has 110 valence electrons. The number of benzene rings is 1. The van der Waals surface area contributed by atoms with Crippen molar-refractivity contribution in [2.45, 2.75) is 13.3 Å². The number of hydrogen-bond donors (Lipinski definition) is 2. The fourth-order valence-electron chi connectivity index (χ4n) is 1.67. The molecule has 6 nitrogen and oxygen atoms in total. The van der Waals surface area contributed by atoms with Crippen LogP contribution in [-0.4, -0.2) is 28.0 Å². The zero-order valence-electron chi connectivity index (χ0n) is 11.3. The van der Waals surface area contributed by atoms with E-state index in [9.17, 15) is 9.59 Å². The molecular formula is C14H14N2O4S. The van der Waals surface area contributed by atoms with Gasteiger partial charge in [0.1, 0.15) is 16.3 Å². The van der Waals surface area contributed by atoms with E-state index >= 15 is 0 Å². The number of aryl methyl sites for hydroxylation is 1. The maximum absolute atomic E-state index is 11.8. The van der Waals surface area contributed by atoms with E-state index in [0.717, 1.165) is 11.5 Å². The highest BCUT2D eigenvalue weighted by molar-refractivity contribution is 7.11. The lowest BCUT2D eigenvalue weighted by atomic mass is 10.2. The molecule has 0 radical (unpaired) electrons. The largest absolute Gasteiger partial charge is 0.493 e. The van der Waals surface area contributed by atoms with Crippen molar-refractivity contribution >= 4 is 28.4 Å². The molecule has 0 saturated carbocycles. The van der Waals surface area contributed by atoms with Gasteiger partial charge in [-0.15, -0.1) is 0 Å². The molecule has 1 aromatic carbocycles. The van der Waals surface area contributed by atoms with Crippen LogP contribution in [0.3, 0.4) is 0 Å². The Balaban J connectivity index is 1.86. The van der Waals surface area contributed by atoms with Gasteiger partial charge in [0.15, 0.2) is 0 Å². The van der Waals surface area contributed by atoms with Crippen LogP contribution >= 0.6 is 11.5 Å². The van der Waals surface area contributed by atoms with E-state index in [1.54, 1.807) is 19.1 Å². The van der Waals surface area contributed by atoms with E-state index in [1.165, 1.54) is 0 Å². The lowest BCUT2D eigenvalue weighted by Gasteiger charge is -2.06. The van der Waals surface area contributed by atoms with Crippen LogP contribution in [0.15, 0.2) is 30.3 Å². The van der Waals surface area contributed by atoms with Crippen molar-refractivity contribution in [1.82, 2.24) is 4.37 Å². The highest BCUT2D eigenvalue weighted by Gasteiger charge is 2.19. The van der Waals surface area contributed by atoms with Gasteiger partial charge in [-0.25, -0.2) is 4.79 Å². The first-order chi connectivity index (χ1) is 10.1. The molecule has 2 aromatic rings. The van der Waals surface area contributed by atoms with Crippen molar-refractivity contribution in [3.05, 3.63) is 41.6 Å². The van der Waals surface area contributed by atoms with Crippen LogP contribution in [0.2, 0.25) is 0 Å². The number of carbonyl (C=O) groups excluding carboxylic acids is 1. The standard InChI is InChI=1S/C14H14N2O4S/c1-9-12(14(18)19)13(21-16-9)15-11(17)7-8-20-10-5-3-2-4-6-10/h2-6H,7-8H2,1H3,(H,15,17)(H,18,19). The summed E-state index contributed by atoms with van der Waals surface area (Å²) in [5.41, 5.74) is 0.431. The zero-order valence-corrected chi connectivity index (χ0v) is 12.1. The summed E-state index contributed by atoms with van der Waals surface area (Å²) in [6.45, 7) is 1.81. The molecule has 0 unspecified atom stereocenters. The minimum atomic E-state index is -1.10. The molecule has 1 amide bonds. The minimum Gasteiger partial charge on any atom is -0.493 e. The molecule has 0 bridgehead atoms. The number of anilines is 1. The number of ether oxygens (including phenoxy) is 1. The average Bonchev–Trinajstić information content (AvgIpc) is 2.81. The molecular weight excluding hydrogens is 292 g/mol. The number of rotatable bonds is 6. The highest BCUT2D eigenvalue weighted by atomic mass is 32.1. The molecule has 0 aliphatic rings. The fourth-order valence-corrected chi connectivity index (χ4v) is 2.48. The molecule has 7 heteroatoms. The Bertz CT molecular complexity index is 640. The Labute approximate surface area is 125 Å². The van der Waals surface area contributed by atoms with Crippen LogP contribution in [0.4, 0.5) is 5.00 Å². The third-order valence-electron chi connectivity index (χ3n) is 2.67. The molecule has 2 rings (SSSR count). The van der Waals surface area contributed by atoms with E-state index in [0.29, 0.717) is 11.4 Å². The molecule has 0 atom stereocenters. The molecule has 0 spiro atoms. The van der Waals surface area contributed by atoms with Gasteiger partial charge in [0.05, 0.1) is 18.7 Å². The summed E-state index contributed by atoms with van der Waals surface area (Å²) in [5.74, 6) is -0.723. The summed E-state index contributed by atoms with van der Waals surface area (Å²) in [6, 6.07) is 9.16. The molecule has 2 N–H and O–H groups in total. The number of amides is 1. The van der Waals surface area contributed by atoms with Crippen LogP contribution in [0.5, 0.6) is 5.75 Å². The van der Waals surface area contributed by atoms with Crippen LogP contribution < -0.4 is 10.1 Å². The van der Waals surface area contributed by atoms with Crippen molar-refractivity contribution in [2.75, 3.05) is 11.9 Å². The van der Waals surface area contributed by atoms with Gasteiger partial charge in [-0.1, -0.05) is 18.2 Å². The predicted molar refractivity (Wildman–Crippen MR) is 79.0 cm³/mol. The van der Waals surface area contributed by atoms with Gasteiger partial charge in [-0.05, 0) is 30.6 Å². The Morgan fingerprint density at radius 2 is 2.05 bits per heavy atom. The van der Waals surface area contributed by atoms with Gasteiger partial charge in [0.2, 0.25) is 5.91 Å². The van der Waals surface area contributed by atoms with Crippen LogP contribution in [0.1, 0.15) is 22.5 Å². The second-order valence-corrected chi connectivity index (χ2v) is 5.01. The lowest BCUT2D eigenvalue weighted by molar-refractivity contribution is -0.116. The number of carboxylic acids is 1. The lowest BCUT2D eigenvalue weighted by Crippen LogP contribution is -2.16. The van der Waals surface area contributed by atoms with Crippen LogP contribution in [-0.2, 0) is 4.79 Å². The molecule has 1 aromatic heterocycles. The molecule has 0 aliphatic carbocycles. The third kappa shape index (κ3) is 4.03. The highest BCUT2D eigenvalue weighted by Crippen LogP contribution is 2.24. The second-order valence-electron chi connectivity index (χ2n) is 4.24. The first-order valence-electron chi connectivity index (χ1n) is 6.25. The number of aromatic nitrogens is 1. The Kier molecular flexibility index (Phi) is 4.89. The van der Waals surface area contributed by atoms with E-state index in [1.807, 2.05) is 18.2 Å². The predicted octanol–water partition coefficient (Wildman–Crippen LogP) is 2.56. The van der Waals surface area contributed by atoms with Crippen molar-refractivity contribution in [3.8, 4) is 5.75 Å². The Morgan fingerprint density at radius 3 is 2.71 bits per heavy atom. The number of carbonyl (C=O) groups is 2. The number of para-hydroxylation sites is 1. The molecule has 21 heavy (non-hydrogen) atoms. The Morgan fingerprint density at radius 1 is 1.33 bits per heavy atom. The van der Waals surface area contributed by atoms with Crippen molar-refractivity contribution in [2.24, 2.45) is 0 Å². The molecule has 0 aliphatic heterocycles. The maximum atomic E-state index is 11.8. The van der Waals surface area contributed by atoms with Crippen molar-refractivity contribution in [3.63, 3.8) is 0 Å². The molecule has 0 saturated heterocycles. The van der Waals surface area contributed by atoms with E-state index in [4.69, 9.17) is 9.84 Å².